The van der Waals surface area contributed by atoms with Crippen molar-refractivity contribution >= 4 is 39.0 Å². The van der Waals surface area contributed by atoms with E-state index in [1.165, 1.54) is 33.7 Å². The molecule has 1 aliphatic rings. The van der Waals surface area contributed by atoms with Gasteiger partial charge in [-0.1, -0.05) is 0 Å². The molecule has 0 aliphatic carbocycles. The van der Waals surface area contributed by atoms with Crippen molar-refractivity contribution in [3.8, 4) is 0 Å². The van der Waals surface area contributed by atoms with Crippen LogP contribution in [-0.2, 0) is 6.54 Å². The highest BCUT2D eigenvalue weighted by molar-refractivity contribution is 9.10. The molecule has 0 saturated carbocycles. The van der Waals surface area contributed by atoms with Gasteiger partial charge < -0.3 is 5.32 Å². The minimum Gasteiger partial charge on any atom is -0.309 e. The SMILES string of the molecule is Brc1csc(CNC2CCSCC2)c1. The lowest BCUT2D eigenvalue weighted by Crippen LogP contribution is -2.31. The van der Waals surface area contributed by atoms with Gasteiger partial charge in [0, 0.05) is 27.3 Å². The molecular weight excluding hydrogens is 278 g/mol. The molecule has 1 saturated heterocycles. The summed E-state index contributed by atoms with van der Waals surface area (Å²) in [5, 5.41) is 5.77. The lowest BCUT2D eigenvalue weighted by molar-refractivity contribution is 0.484. The fourth-order valence-corrected chi connectivity index (χ4v) is 4.10. The Morgan fingerprint density at radius 3 is 2.86 bits per heavy atom. The second-order valence-corrected chi connectivity index (χ2v) is 6.63. The summed E-state index contributed by atoms with van der Waals surface area (Å²) in [4.78, 5) is 1.43. The van der Waals surface area contributed by atoms with E-state index in [1.54, 1.807) is 0 Å². The van der Waals surface area contributed by atoms with Gasteiger partial charge in [-0.2, -0.15) is 11.8 Å². The first-order valence-corrected chi connectivity index (χ1v) is 7.71. The second-order valence-electron chi connectivity index (χ2n) is 3.50. The molecule has 1 fully saturated rings. The maximum absolute atomic E-state index is 3.63. The van der Waals surface area contributed by atoms with Crippen molar-refractivity contribution < 1.29 is 0 Å². The fourth-order valence-electron chi connectivity index (χ4n) is 1.59. The largest absolute Gasteiger partial charge is 0.309 e. The summed E-state index contributed by atoms with van der Waals surface area (Å²) >= 11 is 7.38. The number of halogens is 1. The summed E-state index contributed by atoms with van der Waals surface area (Å²) in [5.74, 6) is 2.65. The third-order valence-corrected chi connectivity index (χ3v) is 5.15. The van der Waals surface area contributed by atoms with Crippen molar-refractivity contribution in [3.05, 3.63) is 20.8 Å². The Labute approximate surface area is 102 Å². The van der Waals surface area contributed by atoms with Gasteiger partial charge in [-0.25, -0.2) is 0 Å². The Kier molecular flexibility index (Phi) is 4.35. The lowest BCUT2D eigenvalue weighted by atomic mass is 10.1. The van der Waals surface area contributed by atoms with Gasteiger partial charge in [0.25, 0.3) is 0 Å². The van der Waals surface area contributed by atoms with Crippen LogP contribution in [0.4, 0.5) is 0 Å². The average Bonchev–Trinajstić information content (AvgIpc) is 2.63. The van der Waals surface area contributed by atoms with Gasteiger partial charge in [0.15, 0.2) is 0 Å². The molecule has 0 amide bonds. The van der Waals surface area contributed by atoms with Gasteiger partial charge in [-0.15, -0.1) is 11.3 Å². The number of hydrogen-bond donors (Lipinski definition) is 1. The Morgan fingerprint density at radius 2 is 2.21 bits per heavy atom. The Bertz CT molecular complexity index is 281. The predicted octanol–water partition coefficient (Wildman–Crippen LogP) is 3.50. The molecule has 1 aromatic heterocycles. The minimum atomic E-state index is 0.747. The molecule has 14 heavy (non-hydrogen) atoms. The summed E-state index contributed by atoms with van der Waals surface area (Å²) in [5.41, 5.74) is 0. The van der Waals surface area contributed by atoms with Crippen molar-refractivity contribution in [1.29, 1.82) is 0 Å². The van der Waals surface area contributed by atoms with E-state index in [2.05, 4.69) is 44.5 Å². The van der Waals surface area contributed by atoms with Gasteiger partial charge in [0.2, 0.25) is 0 Å². The summed E-state index contributed by atoms with van der Waals surface area (Å²) < 4.78 is 1.21. The van der Waals surface area contributed by atoms with Crippen LogP contribution in [0.15, 0.2) is 15.9 Å². The molecule has 1 nitrogen and oxygen atoms in total. The summed E-state index contributed by atoms with van der Waals surface area (Å²) in [6, 6.07) is 2.95. The zero-order valence-electron chi connectivity index (χ0n) is 7.96. The highest BCUT2D eigenvalue weighted by atomic mass is 79.9. The van der Waals surface area contributed by atoms with Crippen LogP contribution >= 0.6 is 39.0 Å². The van der Waals surface area contributed by atoms with E-state index in [9.17, 15) is 0 Å². The third-order valence-electron chi connectivity index (χ3n) is 2.41. The monoisotopic (exact) mass is 291 g/mol. The van der Waals surface area contributed by atoms with Gasteiger partial charge >= 0.3 is 0 Å². The number of rotatable bonds is 3. The molecule has 4 heteroatoms. The topological polar surface area (TPSA) is 12.0 Å². The van der Waals surface area contributed by atoms with Crippen LogP contribution in [-0.4, -0.2) is 17.5 Å². The zero-order chi connectivity index (χ0) is 9.80. The smallest absolute Gasteiger partial charge is 0.0302 e. The van der Waals surface area contributed by atoms with Crippen LogP contribution in [0.25, 0.3) is 0 Å². The second kappa shape index (κ2) is 5.54. The first-order valence-electron chi connectivity index (χ1n) is 4.88. The molecule has 0 spiro atoms. The maximum Gasteiger partial charge on any atom is 0.0302 e. The van der Waals surface area contributed by atoms with Gasteiger partial charge in [-0.3, -0.25) is 0 Å². The standard InChI is InChI=1S/C10H14BrNS2/c11-8-5-10(14-7-8)6-12-9-1-3-13-4-2-9/h5,7,9,12H,1-4,6H2. The van der Waals surface area contributed by atoms with E-state index in [0.29, 0.717) is 0 Å². The molecule has 78 valence electrons. The molecule has 0 atom stereocenters. The molecule has 1 aliphatic heterocycles. The Balaban J connectivity index is 1.76. The van der Waals surface area contributed by atoms with Crippen molar-refractivity contribution in [2.24, 2.45) is 0 Å². The number of thioether (sulfide) groups is 1. The quantitative estimate of drug-likeness (QED) is 0.915. The van der Waals surface area contributed by atoms with E-state index in [4.69, 9.17) is 0 Å². The maximum atomic E-state index is 3.63. The molecule has 1 N–H and O–H groups in total. The zero-order valence-corrected chi connectivity index (χ0v) is 11.2. The molecule has 2 heterocycles. The molecule has 1 aromatic rings. The Hall–Kier alpha value is 0.490. The van der Waals surface area contributed by atoms with E-state index in [-0.39, 0.29) is 0 Å². The van der Waals surface area contributed by atoms with Crippen molar-refractivity contribution in [2.45, 2.75) is 25.4 Å². The normalized spacial score (nSPS) is 18.6. The molecule has 2 rings (SSSR count). The molecule has 0 unspecified atom stereocenters. The van der Waals surface area contributed by atoms with Crippen LogP contribution in [0, 0.1) is 0 Å². The van der Waals surface area contributed by atoms with E-state index in [1.807, 2.05) is 11.3 Å². The molecule has 0 radical (unpaired) electrons. The first kappa shape index (κ1) is 11.0. The number of thiophene rings is 1. The number of hydrogen-bond acceptors (Lipinski definition) is 3. The van der Waals surface area contributed by atoms with Crippen LogP contribution in [0.1, 0.15) is 17.7 Å². The summed E-state index contributed by atoms with van der Waals surface area (Å²) in [6.45, 7) is 1.03. The molecule has 0 bridgehead atoms. The highest BCUT2D eigenvalue weighted by Gasteiger charge is 2.12. The average molecular weight is 292 g/mol. The van der Waals surface area contributed by atoms with Crippen molar-refractivity contribution in [1.82, 2.24) is 5.32 Å². The Morgan fingerprint density at radius 1 is 1.43 bits per heavy atom. The fraction of sp³-hybridized carbons (Fsp3) is 0.600. The molecular formula is C10H14BrNS2. The first-order chi connectivity index (χ1) is 6.84. The van der Waals surface area contributed by atoms with Crippen molar-refractivity contribution in [2.75, 3.05) is 11.5 Å². The van der Waals surface area contributed by atoms with Crippen LogP contribution in [0.3, 0.4) is 0 Å². The summed E-state index contributed by atoms with van der Waals surface area (Å²) in [6.07, 6.45) is 2.66. The van der Waals surface area contributed by atoms with Gasteiger partial charge in [0.1, 0.15) is 0 Å². The minimum absolute atomic E-state index is 0.747. The predicted molar refractivity (Wildman–Crippen MR) is 69.2 cm³/mol. The van der Waals surface area contributed by atoms with E-state index >= 15 is 0 Å². The van der Waals surface area contributed by atoms with Gasteiger partial charge in [0.05, 0.1) is 0 Å². The highest BCUT2D eigenvalue weighted by Crippen LogP contribution is 2.21. The van der Waals surface area contributed by atoms with Crippen molar-refractivity contribution in [3.63, 3.8) is 0 Å². The summed E-state index contributed by atoms with van der Waals surface area (Å²) in [7, 11) is 0. The third kappa shape index (κ3) is 3.26. The lowest BCUT2D eigenvalue weighted by Gasteiger charge is -2.22. The number of nitrogens with one attached hydrogen (secondary N) is 1. The van der Waals surface area contributed by atoms with Gasteiger partial charge in [-0.05, 0) is 46.3 Å². The van der Waals surface area contributed by atoms with E-state index in [0.717, 1.165) is 12.6 Å². The van der Waals surface area contributed by atoms with Crippen LogP contribution < -0.4 is 5.32 Å². The van der Waals surface area contributed by atoms with Crippen LogP contribution in [0.5, 0.6) is 0 Å². The van der Waals surface area contributed by atoms with E-state index < -0.39 is 0 Å². The van der Waals surface area contributed by atoms with Crippen LogP contribution in [0.2, 0.25) is 0 Å². The molecule has 0 aromatic carbocycles.